The summed E-state index contributed by atoms with van der Waals surface area (Å²) >= 11 is 0. The number of carbonyl (C=O) groups excluding carboxylic acids is 8. The van der Waals surface area contributed by atoms with Gasteiger partial charge >= 0.3 is 6.09 Å². The Morgan fingerprint density at radius 1 is 0.819 bits per heavy atom. The third-order valence-electron chi connectivity index (χ3n) is 11.8. The molecule has 1 unspecified atom stereocenters. The van der Waals surface area contributed by atoms with Crippen molar-refractivity contribution in [2.45, 2.75) is 57.4 Å². The van der Waals surface area contributed by atoms with Gasteiger partial charge in [-0.2, -0.15) is 0 Å². The molecule has 2 aliphatic heterocycles. The highest BCUT2D eigenvalue weighted by atomic mass is 19.1. The third-order valence-corrected chi connectivity index (χ3v) is 11.8. The van der Waals surface area contributed by atoms with Gasteiger partial charge in [0.05, 0.1) is 11.1 Å². The van der Waals surface area contributed by atoms with Gasteiger partial charge < -0.3 is 45.6 Å². The minimum atomic E-state index is -1.30. The van der Waals surface area contributed by atoms with E-state index in [2.05, 4.69) is 38.1 Å². The zero-order valence-corrected chi connectivity index (χ0v) is 39.1. The van der Waals surface area contributed by atoms with Gasteiger partial charge in [-0.15, -0.1) is 0 Å². The van der Waals surface area contributed by atoms with Gasteiger partial charge in [-0.25, -0.2) is 13.6 Å². The van der Waals surface area contributed by atoms with Crippen LogP contribution in [0.15, 0.2) is 90.5 Å². The van der Waals surface area contributed by atoms with Gasteiger partial charge in [-0.3, -0.25) is 48.2 Å². The van der Waals surface area contributed by atoms with Crippen LogP contribution in [0.1, 0.15) is 72.1 Å². The minimum absolute atomic E-state index is 0.0712. The second-order valence-electron chi connectivity index (χ2n) is 16.8. The normalized spacial score (nSPS) is 14.2. The number of alkyl carbamates (subject to hydrolysis) is 1. The van der Waals surface area contributed by atoms with Crippen LogP contribution < -0.4 is 36.9 Å². The highest BCUT2D eigenvalue weighted by Crippen LogP contribution is 2.39. The maximum absolute atomic E-state index is 14.6. The number of amides is 8. The van der Waals surface area contributed by atoms with Crippen molar-refractivity contribution >= 4 is 69.7 Å². The van der Waals surface area contributed by atoms with Crippen LogP contribution in [0.2, 0.25) is 0 Å². The van der Waals surface area contributed by atoms with Crippen LogP contribution in [-0.2, 0) is 35.8 Å². The number of likely N-dealkylation sites (tertiary alicyclic amines) is 1. The van der Waals surface area contributed by atoms with Gasteiger partial charge in [0.1, 0.15) is 42.9 Å². The number of aromatic amines is 1. The van der Waals surface area contributed by atoms with Crippen LogP contribution in [0, 0.1) is 11.6 Å². The summed E-state index contributed by atoms with van der Waals surface area (Å²) in [7, 11) is 1.58. The summed E-state index contributed by atoms with van der Waals surface area (Å²) in [5, 5.41) is 14.0. The molecule has 72 heavy (non-hydrogen) atoms. The number of unbranched alkanes of at least 4 members (excludes halogenated alkanes) is 2. The number of benzene rings is 3. The Morgan fingerprint density at radius 2 is 1.58 bits per heavy atom. The SMILES string of the molecule is C=CCOC(=O)NCC(=O)NCN1C(=O)CCC(N2C(=O)c3cccc(NCCCCNC(=O)CCCCC(=O)Nc4ccc(Oc5ccc(F)cc5F)c(-c5cn(C)c(=O)c6[nH]ccc56)c4)c3C2=O)C1=O. The average Bonchev–Trinajstić information content (AvgIpc) is 3.95. The number of nitrogens with zero attached hydrogens (tertiary/aromatic N) is 3. The van der Waals surface area contributed by atoms with Crippen LogP contribution in [0.25, 0.3) is 22.0 Å². The molecule has 1 saturated heterocycles. The number of hydrogen-bond acceptors (Lipinski definition) is 12. The number of hydrogen-bond donors (Lipinski definition) is 6. The monoisotopic (exact) mass is 991 g/mol. The van der Waals surface area contributed by atoms with Crippen LogP contribution in [0.3, 0.4) is 0 Å². The predicted octanol–water partition coefficient (Wildman–Crippen LogP) is 5.21. The Morgan fingerprint density at radius 3 is 2.36 bits per heavy atom. The molecular formula is C50H51F2N9O11. The van der Waals surface area contributed by atoms with Crippen molar-refractivity contribution in [3.05, 3.63) is 119 Å². The summed E-state index contributed by atoms with van der Waals surface area (Å²) in [6.45, 7) is 3.03. The number of H-pyrrole nitrogens is 1. The molecule has 0 aliphatic carbocycles. The van der Waals surface area contributed by atoms with Crippen LogP contribution in [0.4, 0.5) is 25.0 Å². The molecule has 2 aromatic heterocycles. The summed E-state index contributed by atoms with van der Waals surface area (Å²) in [5.74, 6) is -5.83. The largest absolute Gasteiger partial charge is 0.454 e. The summed E-state index contributed by atoms with van der Waals surface area (Å²) in [6, 6.07) is 12.8. The molecule has 2 aliphatic rings. The molecule has 22 heteroatoms. The van der Waals surface area contributed by atoms with Crippen molar-refractivity contribution in [3.63, 3.8) is 0 Å². The van der Waals surface area contributed by atoms with E-state index in [0.717, 1.165) is 21.9 Å². The number of anilines is 2. The van der Waals surface area contributed by atoms with Gasteiger partial charge in [-0.05, 0) is 80.6 Å². The first kappa shape index (κ1) is 51.2. The second-order valence-corrected chi connectivity index (χ2v) is 16.8. The fraction of sp³-hybridized carbons (Fsp3) is 0.300. The first-order valence-corrected chi connectivity index (χ1v) is 23.0. The van der Waals surface area contributed by atoms with Crippen molar-refractivity contribution in [2.24, 2.45) is 7.05 Å². The van der Waals surface area contributed by atoms with Crippen LogP contribution in [-0.4, -0.2) is 106 Å². The van der Waals surface area contributed by atoms with Gasteiger partial charge in [0, 0.05) is 85.7 Å². The zero-order valence-electron chi connectivity index (χ0n) is 39.1. The Bertz CT molecular complexity index is 3030. The van der Waals surface area contributed by atoms with E-state index in [-0.39, 0.29) is 72.3 Å². The number of rotatable bonds is 22. The number of carbonyl (C=O) groups is 8. The molecular weight excluding hydrogens is 941 g/mol. The summed E-state index contributed by atoms with van der Waals surface area (Å²) in [6.07, 6.45) is 5.67. The number of aromatic nitrogens is 2. The lowest BCUT2D eigenvalue weighted by Gasteiger charge is -2.34. The predicted molar refractivity (Wildman–Crippen MR) is 258 cm³/mol. The van der Waals surface area contributed by atoms with Crippen LogP contribution >= 0.6 is 0 Å². The van der Waals surface area contributed by atoms with Gasteiger partial charge in [0.25, 0.3) is 23.3 Å². The van der Waals surface area contributed by atoms with E-state index >= 15 is 0 Å². The second kappa shape index (κ2) is 23.3. The molecule has 4 heterocycles. The van der Waals surface area contributed by atoms with Gasteiger partial charge in [-0.1, -0.05) is 18.7 Å². The van der Waals surface area contributed by atoms with E-state index in [0.29, 0.717) is 78.2 Å². The quantitative estimate of drug-likeness (QED) is 0.0297. The van der Waals surface area contributed by atoms with Gasteiger partial charge in [0.15, 0.2) is 11.6 Å². The van der Waals surface area contributed by atoms with Gasteiger partial charge in [0.2, 0.25) is 23.6 Å². The van der Waals surface area contributed by atoms with E-state index in [1.807, 2.05) is 0 Å². The minimum Gasteiger partial charge on any atom is -0.454 e. The Balaban J connectivity index is 0.837. The first-order chi connectivity index (χ1) is 34.6. The first-order valence-electron chi connectivity index (χ1n) is 23.0. The molecule has 5 aromatic rings. The van der Waals surface area contributed by atoms with Crippen molar-refractivity contribution in [1.29, 1.82) is 0 Å². The van der Waals surface area contributed by atoms with E-state index < -0.39 is 66.5 Å². The fourth-order valence-electron chi connectivity index (χ4n) is 8.18. The molecule has 8 amide bonds. The van der Waals surface area contributed by atoms with E-state index in [4.69, 9.17) is 9.47 Å². The lowest BCUT2D eigenvalue weighted by atomic mass is 10.0. The van der Waals surface area contributed by atoms with Crippen molar-refractivity contribution in [1.82, 2.24) is 35.3 Å². The van der Waals surface area contributed by atoms with E-state index in [1.54, 1.807) is 49.8 Å². The Kier molecular flexibility index (Phi) is 16.5. The fourth-order valence-corrected chi connectivity index (χ4v) is 8.18. The smallest absolute Gasteiger partial charge is 0.407 e. The summed E-state index contributed by atoms with van der Waals surface area (Å²) < 4.78 is 40.3. The molecule has 1 fully saturated rings. The molecule has 20 nitrogen and oxygen atoms in total. The third kappa shape index (κ3) is 12.0. The molecule has 0 saturated carbocycles. The van der Waals surface area contributed by atoms with Crippen molar-refractivity contribution in [2.75, 3.05) is 43.5 Å². The zero-order chi connectivity index (χ0) is 51.5. The molecule has 3 aromatic carbocycles. The standard InChI is InChI=1S/C50H51F2N9O11/c1-3-23-71-50(70)56-26-42(64)57-28-60-43(65)18-15-37(47(60)67)61-46(66)32-9-8-10-36(44(32)48(61)68)53-20-6-7-21-54-40(62)11-4-5-12-41(63)58-30-14-17-38(72-39-16-13-29(51)24-35(39)52)33(25-30)34-27-59(2)49(69)45-31(34)19-22-55-45/h3,8-10,13-14,16-17,19,22,24-25,27,37,53,55H,1,4-7,11-12,15,18,20-21,23,26,28H2,2H3,(H,54,62)(H,56,70)(H,57,64)(H,58,63). The van der Waals surface area contributed by atoms with Crippen molar-refractivity contribution in [3.8, 4) is 22.6 Å². The molecule has 6 N–H and O–H groups in total. The summed E-state index contributed by atoms with van der Waals surface area (Å²) in [4.78, 5) is 120. The molecule has 7 rings (SSSR count). The highest BCUT2D eigenvalue weighted by Gasteiger charge is 2.48. The number of pyridine rings is 1. The number of imide groups is 2. The topological polar surface area (TPSA) is 259 Å². The number of nitrogens with one attached hydrogen (secondary N) is 6. The van der Waals surface area contributed by atoms with E-state index in [1.165, 1.54) is 22.8 Å². The maximum atomic E-state index is 14.6. The average molecular weight is 992 g/mol. The number of fused-ring (bicyclic) bond motifs is 2. The molecule has 0 spiro atoms. The lowest BCUT2D eigenvalue weighted by Crippen LogP contribution is -2.58. The molecule has 376 valence electrons. The Hall–Kier alpha value is -8.69. The lowest BCUT2D eigenvalue weighted by molar-refractivity contribution is -0.152. The highest BCUT2D eigenvalue weighted by molar-refractivity contribution is 6.25. The molecule has 0 bridgehead atoms. The van der Waals surface area contributed by atoms with E-state index in [9.17, 15) is 51.9 Å². The number of aryl methyl sites for hydroxylation is 1. The Labute approximate surface area is 410 Å². The number of piperidine rings is 1. The maximum Gasteiger partial charge on any atom is 0.407 e. The molecule has 0 radical (unpaired) electrons. The molecule has 1 atom stereocenters. The summed E-state index contributed by atoms with van der Waals surface area (Å²) in [5.41, 5.74) is 1.97. The van der Waals surface area contributed by atoms with Crippen molar-refractivity contribution < 1.29 is 56.6 Å². The van der Waals surface area contributed by atoms with Crippen LogP contribution in [0.5, 0.6) is 11.5 Å². The number of halogens is 2. The number of ether oxygens (including phenoxy) is 2.